The van der Waals surface area contributed by atoms with E-state index in [0.29, 0.717) is 11.7 Å². The molecule has 0 radical (unpaired) electrons. The number of carbonyl (C=O) groups is 2. The zero-order valence-electron chi connectivity index (χ0n) is 14.3. The first-order valence-corrected chi connectivity index (χ1v) is 8.34. The van der Waals surface area contributed by atoms with Crippen LogP contribution in [-0.2, 0) is 9.59 Å². The summed E-state index contributed by atoms with van der Waals surface area (Å²) >= 11 is 0. The molecule has 0 bridgehead atoms. The molecule has 8 nitrogen and oxygen atoms in total. The number of benzene rings is 1. The number of anilines is 1. The van der Waals surface area contributed by atoms with Crippen molar-refractivity contribution in [2.45, 2.75) is 32.4 Å². The Balaban J connectivity index is 1.57. The van der Waals surface area contributed by atoms with Crippen LogP contribution in [0.4, 0.5) is 5.69 Å². The zero-order valence-corrected chi connectivity index (χ0v) is 14.3. The van der Waals surface area contributed by atoms with E-state index < -0.39 is 11.8 Å². The fourth-order valence-electron chi connectivity index (χ4n) is 2.89. The number of rotatable bonds is 4. The van der Waals surface area contributed by atoms with E-state index >= 15 is 0 Å². The van der Waals surface area contributed by atoms with E-state index in [-0.39, 0.29) is 6.04 Å². The van der Waals surface area contributed by atoms with Gasteiger partial charge in [-0.05, 0) is 38.5 Å². The Labute approximate surface area is 146 Å². The predicted octanol–water partition coefficient (Wildman–Crippen LogP) is 0.805. The number of nitrogens with one attached hydrogen (secondary N) is 2. The van der Waals surface area contributed by atoms with Gasteiger partial charge in [-0.1, -0.05) is 6.07 Å². The Morgan fingerprint density at radius 3 is 2.64 bits per heavy atom. The molecule has 1 aliphatic heterocycles. The van der Waals surface area contributed by atoms with Gasteiger partial charge in [-0.3, -0.25) is 19.1 Å². The Hall–Kier alpha value is -2.74. The van der Waals surface area contributed by atoms with Crippen LogP contribution in [0.1, 0.15) is 20.3 Å². The second-order valence-corrected chi connectivity index (χ2v) is 6.42. The molecule has 132 valence electrons. The van der Waals surface area contributed by atoms with Gasteiger partial charge in [-0.25, -0.2) is 0 Å². The number of nitrogens with zero attached hydrogens (tertiary/aromatic N) is 4. The minimum absolute atomic E-state index is 0.0176. The quantitative estimate of drug-likeness (QED) is 0.802. The van der Waals surface area contributed by atoms with Crippen molar-refractivity contribution in [3.63, 3.8) is 0 Å². The van der Waals surface area contributed by atoms with Crippen LogP contribution < -0.4 is 10.6 Å². The lowest BCUT2D eigenvalue weighted by atomic mass is 10.2. The Kier molecular flexibility index (Phi) is 5.08. The lowest BCUT2D eigenvalue weighted by molar-refractivity contribution is -0.136. The van der Waals surface area contributed by atoms with E-state index in [4.69, 9.17) is 0 Å². The molecule has 2 heterocycles. The second-order valence-electron chi connectivity index (χ2n) is 6.42. The van der Waals surface area contributed by atoms with Crippen molar-refractivity contribution in [1.29, 1.82) is 0 Å². The second kappa shape index (κ2) is 7.43. The first-order chi connectivity index (χ1) is 12.0. The van der Waals surface area contributed by atoms with E-state index in [1.165, 1.54) is 0 Å². The van der Waals surface area contributed by atoms with Gasteiger partial charge in [0.25, 0.3) is 0 Å². The Morgan fingerprint density at radius 1 is 1.20 bits per heavy atom. The molecule has 0 aliphatic carbocycles. The van der Waals surface area contributed by atoms with E-state index in [1.807, 2.05) is 6.07 Å². The van der Waals surface area contributed by atoms with Crippen LogP contribution >= 0.6 is 0 Å². The topological polar surface area (TPSA) is 92.2 Å². The number of likely N-dealkylation sites (tertiary alicyclic amines) is 1. The molecule has 2 amide bonds. The van der Waals surface area contributed by atoms with Crippen LogP contribution in [0, 0.1) is 0 Å². The zero-order chi connectivity index (χ0) is 17.8. The molecule has 1 aromatic heterocycles. The van der Waals surface area contributed by atoms with Gasteiger partial charge in [0.1, 0.15) is 12.7 Å². The third-order valence-electron chi connectivity index (χ3n) is 4.31. The summed E-state index contributed by atoms with van der Waals surface area (Å²) in [5.74, 6) is -1.27. The van der Waals surface area contributed by atoms with E-state index in [9.17, 15) is 9.59 Å². The monoisotopic (exact) mass is 342 g/mol. The standard InChI is InChI=1S/C17H22N6O2/c1-12(2)22-7-6-14(9-22)21-17(25)16(24)20-13-4-3-5-15(8-13)23-10-18-19-11-23/h3-5,8,10-12,14H,6-7,9H2,1-2H3,(H,20,24)(H,21,25). The summed E-state index contributed by atoms with van der Waals surface area (Å²) in [6.07, 6.45) is 3.99. The molecule has 0 spiro atoms. The summed E-state index contributed by atoms with van der Waals surface area (Å²) < 4.78 is 1.72. The average molecular weight is 342 g/mol. The maximum absolute atomic E-state index is 12.1. The van der Waals surface area contributed by atoms with E-state index in [2.05, 4.69) is 39.6 Å². The van der Waals surface area contributed by atoms with E-state index in [1.54, 1.807) is 35.4 Å². The summed E-state index contributed by atoms with van der Waals surface area (Å²) in [5.41, 5.74) is 1.34. The highest BCUT2D eigenvalue weighted by Gasteiger charge is 2.27. The molecule has 1 aromatic carbocycles. The Bertz CT molecular complexity index is 743. The minimum Gasteiger partial charge on any atom is -0.344 e. The van der Waals surface area contributed by atoms with Gasteiger partial charge in [-0.15, -0.1) is 10.2 Å². The van der Waals surface area contributed by atoms with Crippen molar-refractivity contribution < 1.29 is 9.59 Å². The summed E-state index contributed by atoms with van der Waals surface area (Å²) in [7, 11) is 0. The average Bonchev–Trinajstić information content (AvgIpc) is 3.27. The van der Waals surface area contributed by atoms with Crippen LogP contribution in [0.25, 0.3) is 5.69 Å². The molecular formula is C17H22N6O2. The highest BCUT2D eigenvalue weighted by molar-refractivity contribution is 6.39. The minimum atomic E-state index is -0.663. The molecule has 2 N–H and O–H groups in total. The fraction of sp³-hybridized carbons (Fsp3) is 0.412. The maximum atomic E-state index is 12.1. The number of amides is 2. The fourth-order valence-corrected chi connectivity index (χ4v) is 2.89. The molecule has 1 unspecified atom stereocenters. The third kappa shape index (κ3) is 4.21. The first-order valence-electron chi connectivity index (χ1n) is 8.34. The van der Waals surface area contributed by atoms with Crippen molar-refractivity contribution in [3.8, 4) is 5.69 Å². The molecule has 1 saturated heterocycles. The van der Waals surface area contributed by atoms with Crippen molar-refractivity contribution in [1.82, 2.24) is 25.0 Å². The van der Waals surface area contributed by atoms with Gasteiger partial charge in [0.15, 0.2) is 0 Å². The number of aromatic nitrogens is 3. The highest BCUT2D eigenvalue weighted by atomic mass is 16.2. The lowest BCUT2D eigenvalue weighted by Gasteiger charge is -2.20. The van der Waals surface area contributed by atoms with Crippen molar-refractivity contribution in [2.24, 2.45) is 0 Å². The molecule has 0 saturated carbocycles. The summed E-state index contributed by atoms with van der Waals surface area (Å²) in [6.45, 7) is 5.96. The van der Waals surface area contributed by atoms with Crippen molar-refractivity contribution in [3.05, 3.63) is 36.9 Å². The van der Waals surface area contributed by atoms with Gasteiger partial charge < -0.3 is 10.6 Å². The summed E-state index contributed by atoms with van der Waals surface area (Å²) in [5, 5.41) is 12.9. The van der Waals surface area contributed by atoms with E-state index in [0.717, 1.165) is 25.2 Å². The van der Waals surface area contributed by atoms with Gasteiger partial charge in [-0.2, -0.15) is 0 Å². The van der Waals surface area contributed by atoms with Gasteiger partial charge in [0.2, 0.25) is 0 Å². The number of carbonyl (C=O) groups excluding carboxylic acids is 2. The van der Waals surface area contributed by atoms with Crippen molar-refractivity contribution >= 4 is 17.5 Å². The molecule has 3 rings (SSSR count). The van der Waals surface area contributed by atoms with Gasteiger partial charge in [0.05, 0.1) is 5.69 Å². The smallest absolute Gasteiger partial charge is 0.313 e. The lowest BCUT2D eigenvalue weighted by Crippen LogP contribution is -2.43. The van der Waals surface area contributed by atoms with Gasteiger partial charge >= 0.3 is 11.8 Å². The van der Waals surface area contributed by atoms with Crippen LogP contribution in [0.2, 0.25) is 0 Å². The van der Waals surface area contributed by atoms with Crippen LogP contribution in [0.15, 0.2) is 36.9 Å². The van der Waals surface area contributed by atoms with Crippen LogP contribution in [0.3, 0.4) is 0 Å². The van der Waals surface area contributed by atoms with Crippen molar-refractivity contribution in [2.75, 3.05) is 18.4 Å². The predicted molar refractivity (Wildman–Crippen MR) is 93.2 cm³/mol. The third-order valence-corrected chi connectivity index (χ3v) is 4.31. The number of hydrogen-bond donors (Lipinski definition) is 2. The normalized spacial score (nSPS) is 17.6. The molecule has 1 fully saturated rings. The highest BCUT2D eigenvalue weighted by Crippen LogP contribution is 2.15. The molecule has 1 aliphatic rings. The summed E-state index contributed by atoms with van der Waals surface area (Å²) in [4.78, 5) is 26.6. The van der Waals surface area contributed by atoms with Crippen LogP contribution in [-0.4, -0.2) is 56.7 Å². The molecule has 25 heavy (non-hydrogen) atoms. The molecule has 8 heteroatoms. The Morgan fingerprint density at radius 2 is 1.96 bits per heavy atom. The summed E-state index contributed by atoms with van der Waals surface area (Å²) in [6, 6.07) is 7.60. The largest absolute Gasteiger partial charge is 0.344 e. The number of hydrogen-bond acceptors (Lipinski definition) is 5. The SMILES string of the molecule is CC(C)N1CCC(NC(=O)C(=O)Nc2cccc(-n3cnnc3)c2)C1. The maximum Gasteiger partial charge on any atom is 0.313 e. The first kappa shape index (κ1) is 17.1. The molecule has 1 atom stereocenters. The van der Waals surface area contributed by atoms with Crippen LogP contribution in [0.5, 0.6) is 0 Å². The molecule has 2 aromatic rings. The molecular weight excluding hydrogens is 320 g/mol. The van der Waals surface area contributed by atoms with Gasteiger partial charge in [0, 0.05) is 30.9 Å².